The molecule has 1 aliphatic rings. The van der Waals surface area contributed by atoms with Crippen molar-refractivity contribution in [1.29, 1.82) is 0 Å². The standard InChI is InChI=1S/C20H22N2O2S/c1-16-8-10-19(11-9-16)25(23,24)22-21-18-12-14-20(2,15-13-18)17-6-4-3-5-7-17/h3-12,14,22H,13,15H2,1-2H3. The van der Waals surface area contributed by atoms with Crippen molar-refractivity contribution in [2.45, 2.75) is 37.0 Å². The van der Waals surface area contributed by atoms with E-state index in [0.29, 0.717) is 0 Å². The predicted octanol–water partition coefficient (Wildman–Crippen LogP) is 3.94. The summed E-state index contributed by atoms with van der Waals surface area (Å²) in [4.78, 5) is 2.56. The fraction of sp³-hybridized carbons (Fsp3) is 0.250. The van der Waals surface area contributed by atoms with E-state index in [1.54, 1.807) is 24.3 Å². The number of allylic oxidation sites excluding steroid dienone is 2. The van der Waals surface area contributed by atoms with Gasteiger partial charge in [-0.25, -0.2) is 0 Å². The normalized spacial score (nSPS) is 22.1. The Kier molecular flexibility index (Phi) is 4.77. The van der Waals surface area contributed by atoms with Gasteiger partial charge in [-0.2, -0.15) is 18.4 Å². The zero-order valence-electron chi connectivity index (χ0n) is 14.4. The second kappa shape index (κ2) is 6.84. The first kappa shape index (κ1) is 17.4. The molecule has 0 aliphatic heterocycles. The summed E-state index contributed by atoms with van der Waals surface area (Å²) in [5, 5.41) is 4.10. The summed E-state index contributed by atoms with van der Waals surface area (Å²) < 4.78 is 24.6. The molecule has 130 valence electrons. The van der Waals surface area contributed by atoms with E-state index in [-0.39, 0.29) is 10.3 Å². The maximum Gasteiger partial charge on any atom is 0.276 e. The van der Waals surface area contributed by atoms with Crippen molar-refractivity contribution in [2.75, 3.05) is 0 Å². The number of hydrazone groups is 1. The molecule has 0 saturated carbocycles. The Labute approximate surface area is 149 Å². The summed E-state index contributed by atoms with van der Waals surface area (Å²) in [6, 6.07) is 17.0. The Bertz CT molecular complexity index is 900. The maximum atomic E-state index is 12.3. The lowest BCUT2D eigenvalue weighted by atomic mass is 9.75. The fourth-order valence-electron chi connectivity index (χ4n) is 2.88. The van der Waals surface area contributed by atoms with E-state index in [9.17, 15) is 8.42 Å². The van der Waals surface area contributed by atoms with Crippen LogP contribution in [0.4, 0.5) is 0 Å². The molecular weight excluding hydrogens is 332 g/mol. The average molecular weight is 354 g/mol. The van der Waals surface area contributed by atoms with Crippen molar-refractivity contribution in [3.63, 3.8) is 0 Å². The quantitative estimate of drug-likeness (QED) is 0.846. The highest BCUT2D eigenvalue weighted by atomic mass is 32.2. The highest BCUT2D eigenvalue weighted by Crippen LogP contribution is 2.33. The van der Waals surface area contributed by atoms with Crippen LogP contribution < -0.4 is 4.83 Å². The lowest BCUT2D eigenvalue weighted by Gasteiger charge is -2.30. The largest absolute Gasteiger partial charge is 0.276 e. The summed E-state index contributed by atoms with van der Waals surface area (Å²) in [6.07, 6.45) is 5.62. The third kappa shape index (κ3) is 3.99. The van der Waals surface area contributed by atoms with Gasteiger partial charge in [0.05, 0.1) is 10.6 Å². The van der Waals surface area contributed by atoms with E-state index >= 15 is 0 Å². The molecule has 5 heteroatoms. The number of benzene rings is 2. The van der Waals surface area contributed by atoms with Crippen LogP contribution in [0.5, 0.6) is 0 Å². The van der Waals surface area contributed by atoms with Gasteiger partial charge in [0.15, 0.2) is 0 Å². The predicted molar refractivity (Wildman–Crippen MR) is 101 cm³/mol. The average Bonchev–Trinajstić information content (AvgIpc) is 2.62. The van der Waals surface area contributed by atoms with Crippen LogP contribution in [0.2, 0.25) is 0 Å². The Morgan fingerprint density at radius 2 is 1.72 bits per heavy atom. The van der Waals surface area contributed by atoms with Gasteiger partial charge in [-0.3, -0.25) is 0 Å². The molecule has 0 bridgehead atoms. The number of hydrogen-bond donors (Lipinski definition) is 1. The van der Waals surface area contributed by atoms with Crippen LogP contribution in [0.15, 0.2) is 76.7 Å². The Morgan fingerprint density at radius 3 is 2.32 bits per heavy atom. The molecule has 0 heterocycles. The van der Waals surface area contributed by atoms with Crippen molar-refractivity contribution in [1.82, 2.24) is 4.83 Å². The van der Waals surface area contributed by atoms with Crippen LogP contribution in [-0.4, -0.2) is 14.1 Å². The molecule has 25 heavy (non-hydrogen) atoms. The van der Waals surface area contributed by atoms with Crippen LogP contribution in [0.25, 0.3) is 0 Å². The van der Waals surface area contributed by atoms with Crippen molar-refractivity contribution >= 4 is 15.7 Å². The Morgan fingerprint density at radius 1 is 1.04 bits per heavy atom. The molecule has 3 rings (SSSR count). The number of sulfonamides is 1. The monoisotopic (exact) mass is 354 g/mol. The van der Waals surface area contributed by atoms with E-state index in [1.165, 1.54) is 5.56 Å². The van der Waals surface area contributed by atoms with E-state index in [4.69, 9.17) is 0 Å². The minimum absolute atomic E-state index is 0.0455. The highest BCUT2D eigenvalue weighted by molar-refractivity contribution is 7.89. The first-order valence-electron chi connectivity index (χ1n) is 8.29. The van der Waals surface area contributed by atoms with Gasteiger partial charge in [-0.15, -0.1) is 0 Å². The zero-order valence-corrected chi connectivity index (χ0v) is 15.3. The molecule has 4 nitrogen and oxygen atoms in total. The fourth-order valence-corrected chi connectivity index (χ4v) is 3.71. The van der Waals surface area contributed by atoms with Gasteiger partial charge in [0, 0.05) is 5.41 Å². The molecule has 1 aliphatic carbocycles. The molecule has 1 unspecified atom stereocenters. The van der Waals surface area contributed by atoms with Gasteiger partial charge in [0.2, 0.25) is 0 Å². The third-order valence-electron chi connectivity index (χ3n) is 4.62. The molecule has 2 aromatic rings. The Hall–Kier alpha value is -2.40. The van der Waals surface area contributed by atoms with Gasteiger partial charge in [-0.05, 0) is 43.5 Å². The van der Waals surface area contributed by atoms with Crippen LogP contribution >= 0.6 is 0 Å². The van der Waals surface area contributed by atoms with Gasteiger partial charge >= 0.3 is 0 Å². The van der Waals surface area contributed by atoms with E-state index in [1.807, 2.05) is 31.2 Å². The Balaban J connectivity index is 1.74. The molecule has 0 radical (unpaired) electrons. The molecule has 0 fully saturated rings. The maximum absolute atomic E-state index is 12.3. The second-order valence-electron chi connectivity index (χ2n) is 6.63. The smallest absolute Gasteiger partial charge is 0.200 e. The molecule has 0 aromatic heterocycles. The third-order valence-corrected chi connectivity index (χ3v) is 5.84. The molecule has 1 N–H and O–H groups in total. The number of nitrogens with one attached hydrogen (secondary N) is 1. The van der Waals surface area contributed by atoms with Gasteiger partial charge in [0.25, 0.3) is 10.0 Å². The van der Waals surface area contributed by atoms with E-state index in [0.717, 1.165) is 24.1 Å². The minimum Gasteiger partial charge on any atom is -0.200 e. The molecule has 0 saturated heterocycles. The van der Waals surface area contributed by atoms with E-state index in [2.05, 4.69) is 35.1 Å². The molecule has 1 atom stereocenters. The van der Waals surface area contributed by atoms with Crippen LogP contribution in [-0.2, 0) is 15.4 Å². The lowest BCUT2D eigenvalue weighted by molar-refractivity contribution is 0.544. The number of hydrogen-bond acceptors (Lipinski definition) is 3. The van der Waals surface area contributed by atoms with Crippen molar-refractivity contribution in [3.05, 3.63) is 77.9 Å². The molecule has 0 spiro atoms. The van der Waals surface area contributed by atoms with E-state index < -0.39 is 10.0 Å². The number of aryl methyl sites for hydroxylation is 1. The minimum atomic E-state index is -3.63. The number of nitrogens with zero attached hydrogens (tertiary/aromatic N) is 1. The summed E-state index contributed by atoms with van der Waals surface area (Å²) in [5.41, 5.74) is 2.96. The summed E-state index contributed by atoms with van der Waals surface area (Å²) in [5.74, 6) is 0. The van der Waals surface area contributed by atoms with Crippen molar-refractivity contribution in [2.24, 2.45) is 5.10 Å². The summed E-state index contributed by atoms with van der Waals surface area (Å²) in [6.45, 7) is 4.10. The first-order chi connectivity index (χ1) is 11.9. The van der Waals surface area contributed by atoms with Crippen LogP contribution in [0.3, 0.4) is 0 Å². The molecular formula is C20H22N2O2S. The number of rotatable bonds is 4. The van der Waals surface area contributed by atoms with Crippen LogP contribution in [0, 0.1) is 6.92 Å². The molecule has 2 aromatic carbocycles. The van der Waals surface area contributed by atoms with Gasteiger partial charge in [0.1, 0.15) is 0 Å². The zero-order chi connectivity index (χ0) is 17.9. The van der Waals surface area contributed by atoms with Crippen molar-refractivity contribution in [3.8, 4) is 0 Å². The lowest BCUT2D eigenvalue weighted by Crippen LogP contribution is -2.26. The van der Waals surface area contributed by atoms with Crippen molar-refractivity contribution < 1.29 is 8.42 Å². The highest BCUT2D eigenvalue weighted by Gasteiger charge is 2.26. The van der Waals surface area contributed by atoms with Gasteiger partial charge < -0.3 is 0 Å². The summed E-state index contributed by atoms with van der Waals surface area (Å²) in [7, 11) is -3.63. The topological polar surface area (TPSA) is 58.5 Å². The first-order valence-corrected chi connectivity index (χ1v) is 9.77. The summed E-state index contributed by atoms with van der Waals surface area (Å²) >= 11 is 0. The second-order valence-corrected chi connectivity index (χ2v) is 8.29. The van der Waals surface area contributed by atoms with Crippen LogP contribution in [0.1, 0.15) is 30.9 Å². The van der Waals surface area contributed by atoms with Gasteiger partial charge in [-0.1, -0.05) is 61.0 Å². The SMILES string of the molecule is Cc1ccc(S(=O)(=O)NN=C2C=CC(C)(c3ccccc3)CC2)cc1. The molecule has 0 amide bonds.